The third-order valence-corrected chi connectivity index (χ3v) is 8.22. The number of amides is 3. The van der Waals surface area contributed by atoms with E-state index < -0.39 is 16.7 Å². The van der Waals surface area contributed by atoms with Gasteiger partial charge in [-0.1, -0.05) is 55.5 Å². The normalized spacial score (nSPS) is 11.8. The van der Waals surface area contributed by atoms with Gasteiger partial charge in [0.2, 0.25) is 5.91 Å². The number of nitro groups is 1. The van der Waals surface area contributed by atoms with E-state index in [0.717, 1.165) is 21.7 Å². The van der Waals surface area contributed by atoms with E-state index in [1.165, 1.54) is 36.0 Å². The van der Waals surface area contributed by atoms with Gasteiger partial charge in [-0.2, -0.15) is 0 Å². The third kappa shape index (κ3) is 8.20. The lowest BCUT2D eigenvalue weighted by Gasteiger charge is -2.17. The van der Waals surface area contributed by atoms with Gasteiger partial charge in [-0.25, -0.2) is 0 Å². The smallest absolute Gasteiger partial charge is 0.276 e. The molecule has 0 aromatic heterocycles. The third-order valence-electron chi connectivity index (χ3n) is 6.86. The first-order chi connectivity index (χ1) is 21.2. The summed E-state index contributed by atoms with van der Waals surface area (Å²) < 4.78 is 0. The highest BCUT2D eigenvalue weighted by Gasteiger charge is 2.21. The number of carbonyl (C=O) groups is 3. The van der Waals surface area contributed by atoms with Crippen molar-refractivity contribution in [3.8, 4) is 0 Å². The van der Waals surface area contributed by atoms with Crippen molar-refractivity contribution in [2.75, 3.05) is 10.6 Å². The van der Waals surface area contributed by atoms with Gasteiger partial charge >= 0.3 is 0 Å². The molecule has 0 saturated carbocycles. The molecule has 0 aliphatic heterocycles. The number of aryl methyl sites for hydroxylation is 1. The molecule has 4 aromatic carbocycles. The molecule has 1 unspecified atom stereocenters. The van der Waals surface area contributed by atoms with E-state index in [4.69, 9.17) is 0 Å². The van der Waals surface area contributed by atoms with Crippen LogP contribution >= 0.6 is 11.8 Å². The Balaban J connectivity index is 1.55. The summed E-state index contributed by atoms with van der Waals surface area (Å²) in [5.41, 5.74) is 3.37. The zero-order valence-corrected chi connectivity index (χ0v) is 25.3. The van der Waals surface area contributed by atoms with Crippen molar-refractivity contribution in [3.63, 3.8) is 0 Å². The van der Waals surface area contributed by atoms with Crippen molar-refractivity contribution in [1.82, 2.24) is 5.32 Å². The van der Waals surface area contributed by atoms with Gasteiger partial charge in [-0.15, -0.1) is 11.8 Å². The summed E-state index contributed by atoms with van der Waals surface area (Å²) >= 11 is 1.37. The molecular weight excluding hydrogens is 576 g/mol. The van der Waals surface area contributed by atoms with Crippen LogP contribution in [0.2, 0.25) is 0 Å². The predicted molar refractivity (Wildman–Crippen MR) is 175 cm³/mol. The SMILES string of the molecule is CCC(Sc1cccc(NC(=O)/C(=C\c2ccccc2[N+](=O)[O-])NC(=O)c2ccccc2)c1)C(=O)Nc1cccc(C)c1C. The molecule has 224 valence electrons. The summed E-state index contributed by atoms with van der Waals surface area (Å²) in [6, 6.07) is 27.0. The lowest BCUT2D eigenvalue weighted by molar-refractivity contribution is -0.385. The van der Waals surface area contributed by atoms with Crippen LogP contribution in [0, 0.1) is 24.0 Å². The Morgan fingerprint density at radius 3 is 2.32 bits per heavy atom. The molecule has 4 rings (SSSR count). The Kier molecular flexibility index (Phi) is 10.7. The number of anilines is 2. The maximum atomic E-state index is 13.5. The number of para-hydroxylation sites is 1. The number of nitrogens with zero attached hydrogens (tertiary/aromatic N) is 1. The molecule has 4 aromatic rings. The number of nitrogens with one attached hydrogen (secondary N) is 3. The van der Waals surface area contributed by atoms with Crippen molar-refractivity contribution >= 4 is 52.6 Å². The Bertz CT molecular complexity index is 1720. The molecule has 44 heavy (non-hydrogen) atoms. The molecule has 0 heterocycles. The van der Waals surface area contributed by atoms with Crippen molar-refractivity contribution in [3.05, 3.63) is 135 Å². The van der Waals surface area contributed by atoms with Crippen LogP contribution in [-0.4, -0.2) is 27.9 Å². The van der Waals surface area contributed by atoms with E-state index in [1.807, 2.05) is 45.0 Å². The van der Waals surface area contributed by atoms with Crippen LogP contribution in [0.4, 0.5) is 17.1 Å². The molecule has 0 spiro atoms. The standard InChI is InChI=1S/C34H32N4O5S/c1-4-31(34(41)36-28-18-10-12-22(2)23(28)3)44-27-17-11-16-26(21-27)35-33(40)29(37-32(39)24-13-6-5-7-14-24)20-25-15-8-9-19-30(25)38(42)43/h5-21,31H,4H2,1-3H3,(H,35,40)(H,36,41)(H,37,39)/b29-20+. The van der Waals surface area contributed by atoms with Crippen LogP contribution < -0.4 is 16.0 Å². The molecule has 0 saturated heterocycles. The second-order valence-electron chi connectivity index (χ2n) is 9.93. The summed E-state index contributed by atoms with van der Waals surface area (Å²) in [7, 11) is 0. The topological polar surface area (TPSA) is 130 Å². The van der Waals surface area contributed by atoms with E-state index in [0.29, 0.717) is 17.7 Å². The number of hydrogen-bond acceptors (Lipinski definition) is 6. The summed E-state index contributed by atoms with van der Waals surface area (Å²) in [5, 5.41) is 19.6. The number of nitro benzene ring substituents is 1. The average molecular weight is 609 g/mol. The zero-order chi connectivity index (χ0) is 31.6. The molecule has 0 aliphatic carbocycles. The van der Waals surface area contributed by atoms with Crippen LogP contribution in [0.1, 0.15) is 40.4 Å². The fraction of sp³-hybridized carbons (Fsp3) is 0.147. The Morgan fingerprint density at radius 1 is 0.886 bits per heavy atom. The molecule has 3 N–H and O–H groups in total. The number of carbonyl (C=O) groups excluding carboxylic acids is 3. The maximum absolute atomic E-state index is 13.5. The number of thioether (sulfide) groups is 1. The van der Waals surface area contributed by atoms with Crippen molar-refractivity contribution < 1.29 is 19.3 Å². The van der Waals surface area contributed by atoms with Gasteiger partial charge in [0.25, 0.3) is 17.5 Å². The average Bonchev–Trinajstić information content (AvgIpc) is 3.02. The lowest BCUT2D eigenvalue weighted by Crippen LogP contribution is -2.30. The first-order valence-electron chi connectivity index (χ1n) is 13.9. The van der Waals surface area contributed by atoms with Gasteiger partial charge < -0.3 is 16.0 Å². The van der Waals surface area contributed by atoms with Crippen molar-refractivity contribution in [1.29, 1.82) is 0 Å². The summed E-state index contributed by atoms with van der Waals surface area (Å²) in [4.78, 5) is 51.4. The molecule has 0 fully saturated rings. The summed E-state index contributed by atoms with van der Waals surface area (Å²) in [5.74, 6) is -1.34. The first-order valence-corrected chi connectivity index (χ1v) is 14.8. The molecular formula is C34H32N4O5S. The molecule has 3 amide bonds. The predicted octanol–water partition coefficient (Wildman–Crippen LogP) is 7.13. The highest BCUT2D eigenvalue weighted by molar-refractivity contribution is 8.00. The van der Waals surface area contributed by atoms with Gasteiger partial charge in [0.05, 0.1) is 15.7 Å². The Hall–Kier alpha value is -5.22. The second kappa shape index (κ2) is 14.8. The van der Waals surface area contributed by atoms with E-state index in [2.05, 4.69) is 16.0 Å². The second-order valence-corrected chi connectivity index (χ2v) is 11.2. The highest BCUT2D eigenvalue weighted by atomic mass is 32.2. The lowest BCUT2D eigenvalue weighted by atomic mass is 10.1. The summed E-state index contributed by atoms with van der Waals surface area (Å²) in [6.45, 7) is 5.89. The van der Waals surface area contributed by atoms with Gasteiger partial charge in [0.1, 0.15) is 5.70 Å². The van der Waals surface area contributed by atoms with E-state index in [9.17, 15) is 24.5 Å². The van der Waals surface area contributed by atoms with E-state index in [-0.39, 0.29) is 28.1 Å². The van der Waals surface area contributed by atoms with Crippen LogP contribution in [-0.2, 0) is 9.59 Å². The van der Waals surface area contributed by atoms with Gasteiger partial charge in [0.15, 0.2) is 0 Å². The van der Waals surface area contributed by atoms with Crippen LogP contribution in [0.3, 0.4) is 0 Å². The van der Waals surface area contributed by atoms with E-state index >= 15 is 0 Å². The summed E-state index contributed by atoms with van der Waals surface area (Å²) in [6.07, 6.45) is 1.85. The molecule has 9 nitrogen and oxygen atoms in total. The molecule has 0 aliphatic rings. The molecule has 1 atom stereocenters. The number of hydrogen-bond donors (Lipinski definition) is 3. The van der Waals surface area contributed by atoms with Crippen LogP contribution in [0.25, 0.3) is 6.08 Å². The van der Waals surface area contributed by atoms with Gasteiger partial charge in [-0.3, -0.25) is 24.5 Å². The minimum Gasteiger partial charge on any atom is -0.325 e. The van der Waals surface area contributed by atoms with Gasteiger partial charge in [0, 0.05) is 27.9 Å². The van der Waals surface area contributed by atoms with Crippen LogP contribution in [0.15, 0.2) is 108 Å². The molecule has 10 heteroatoms. The molecule has 0 radical (unpaired) electrons. The van der Waals surface area contributed by atoms with Gasteiger partial charge in [-0.05, 0) is 79.9 Å². The number of rotatable bonds is 11. The minimum atomic E-state index is -0.672. The Morgan fingerprint density at radius 2 is 1.59 bits per heavy atom. The van der Waals surface area contributed by atoms with E-state index in [1.54, 1.807) is 54.6 Å². The maximum Gasteiger partial charge on any atom is 0.276 e. The molecule has 0 bridgehead atoms. The first kappa shape index (κ1) is 31.7. The fourth-order valence-electron chi connectivity index (χ4n) is 4.31. The quantitative estimate of drug-likeness (QED) is 0.0719. The van der Waals surface area contributed by atoms with Crippen molar-refractivity contribution in [2.45, 2.75) is 37.3 Å². The number of benzene rings is 4. The largest absolute Gasteiger partial charge is 0.325 e. The Labute approximate surface area is 259 Å². The highest BCUT2D eigenvalue weighted by Crippen LogP contribution is 2.30. The monoisotopic (exact) mass is 608 g/mol. The fourth-order valence-corrected chi connectivity index (χ4v) is 5.32. The van der Waals surface area contributed by atoms with Crippen LogP contribution in [0.5, 0.6) is 0 Å². The van der Waals surface area contributed by atoms with Crippen molar-refractivity contribution in [2.24, 2.45) is 0 Å². The zero-order valence-electron chi connectivity index (χ0n) is 24.5. The minimum absolute atomic E-state index is 0.126.